The van der Waals surface area contributed by atoms with Crippen molar-refractivity contribution in [2.45, 2.75) is 64.7 Å². The number of aliphatic hydroxyl groups is 2. The molecule has 0 aliphatic carbocycles. The van der Waals surface area contributed by atoms with E-state index in [9.17, 15) is 0 Å². The fourth-order valence-electron chi connectivity index (χ4n) is 1.63. The molecule has 0 saturated heterocycles. The van der Waals surface area contributed by atoms with Crippen LogP contribution in [-0.4, -0.2) is 57.4 Å². The van der Waals surface area contributed by atoms with Crippen molar-refractivity contribution in [3.8, 4) is 0 Å². The first-order valence-electron chi connectivity index (χ1n) is 6.95. The molecule has 0 aliphatic rings. The molecule has 0 rings (SSSR count). The van der Waals surface area contributed by atoms with Crippen LogP contribution in [0.15, 0.2) is 0 Å². The summed E-state index contributed by atoms with van der Waals surface area (Å²) in [4.78, 5) is 0. The van der Waals surface area contributed by atoms with E-state index in [1.807, 2.05) is 0 Å². The van der Waals surface area contributed by atoms with Crippen molar-refractivity contribution in [1.82, 2.24) is 5.32 Å². The maximum absolute atomic E-state index is 8.83. The van der Waals surface area contributed by atoms with Crippen LogP contribution in [0.4, 0.5) is 0 Å². The van der Waals surface area contributed by atoms with E-state index in [0.717, 1.165) is 13.0 Å². The number of nitrogens with two attached hydrogens (primary N) is 1. The SMILES string of the molecule is CCCCCCCCCCCNC(O)=[Se].NC(O)=[Se]. The number of hydrogen-bond acceptors (Lipinski definition) is 4. The summed E-state index contributed by atoms with van der Waals surface area (Å²) in [6.45, 7) is 3.14. The van der Waals surface area contributed by atoms with E-state index >= 15 is 0 Å². The Kier molecular flexibility index (Phi) is 20.1. The van der Waals surface area contributed by atoms with Crippen molar-refractivity contribution in [1.29, 1.82) is 0 Å². The van der Waals surface area contributed by atoms with E-state index in [4.69, 9.17) is 10.2 Å². The van der Waals surface area contributed by atoms with Gasteiger partial charge >= 0.3 is 126 Å². The molecule has 0 spiro atoms. The summed E-state index contributed by atoms with van der Waals surface area (Å²) in [5.74, 6) is 0. The van der Waals surface area contributed by atoms with Gasteiger partial charge in [-0.2, -0.15) is 0 Å². The zero-order valence-corrected chi connectivity index (χ0v) is 15.3. The summed E-state index contributed by atoms with van der Waals surface area (Å²) < 4.78 is 0.00886. The van der Waals surface area contributed by atoms with Crippen molar-refractivity contribution in [2.24, 2.45) is 5.73 Å². The average Bonchev–Trinajstić information content (AvgIpc) is 2.30. The second kappa shape index (κ2) is 18.0. The predicted molar refractivity (Wildman–Crippen MR) is 84.8 cm³/mol. The fourth-order valence-corrected chi connectivity index (χ4v) is 1.85. The third-order valence-corrected chi connectivity index (χ3v) is 2.86. The maximum atomic E-state index is 8.83. The Morgan fingerprint density at radius 2 is 1.26 bits per heavy atom. The van der Waals surface area contributed by atoms with Crippen molar-refractivity contribution >= 4 is 40.6 Å². The van der Waals surface area contributed by atoms with Gasteiger partial charge in [0.2, 0.25) is 0 Å². The van der Waals surface area contributed by atoms with Gasteiger partial charge in [0.1, 0.15) is 0 Å². The molecule has 0 heterocycles. The Hall–Kier alpha value is -0.0210. The van der Waals surface area contributed by atoms with Gasteiger partial charge in [0.15, 0.2) is 0 Å². The summed E-state index contributed by atoms with van der Waals surface area (Å²) in [5.41, 5.74) is 4.53. The van der Waals surface area contributed by atoms with Crippen LogP contribution >= 0.6 is 0 Å². The quantitative estimate of drug-likeness (QED) is 0.311. The van der Waals surface area contributed by atoms with Crippen LogP contribution in [0.5, 0.6) is 0 Å². The van der Waals surface area contributed by atoms with E-state index in [1.165, 1.54) is 51.4 Å². The van der Waals surface area contributed by atoms with Crippen LogP contribution in [0.25, 0.3) is 0 Å². The van der Waals surface area contributed by atoms with Gasteiger partial charge in [0.25, 0.3) is 0 Å². The Balaban J connectivity index is 0. The summed E-state index contributed by atoms with van der Waals surface area (Å²) in [7, 11) is 0. The predicted octanol–water partition coefficient (Wildman–Crippen LogP) is 1.31. The van der Waals surface area contributed by atoms with Crippen LogP contribution in [0.3, 0.4) is 0 Å². The topological polar surface area (TPSA) is 78.5 Å². The minimum absolute atomic E-state index is 0.208. The fraction of sp³-hybridized carbons (Fsp3) is 0.846. The van der Waals surface area contributed by atoms with Crippen LogP contribution in [0, 0.1) is 0 Å². The first-order chi connectivity index (χ1) is 9.00. The molecule has 0 radical (unpaired) electrons. The third-order valence-electron chi connectivity index (χ3n) is 2.56. The van der Waals surface area contributed by atoms with E-state index in [0.29, 0.717) is 0 Å². The second-order valence-corrected chi connectivity index (χ2v) is 6.09. The molecule has 0 aliphatic heterocycles. The first kappa shape index (κ1) is 21.3. The Morgan fingerprint density at radius 1 is 0.895 bits per heavy atom. The van der Waals surface area contributed by atoms with Gasteiger partial charge in [-0.1, -0.05) is 6.92 Å². The van der Waals surface area contributed by atoms with Crippen molar-refractivity contribution in [2.75, 3.05) is 6.54 Å². The van der Waals surface area contributed by atoms with Gasteiger partial charge in [0.05, 0.1) is 0 Å². The number of nitrogens with one attached hydrogen (secondary N) is 1. The molecule has 0 aromatic heterocycles. The van der Waals surface area contributed by atoms with Gasteiger partial charge < -0.3 is 0 Å². The molecule has 0 atom stereocenters. The number of hydrogen-bond donors (Lipinski definition) is 4. The Morgan fingerprint density at radius 3 is 1.63 bits per heavy atom. The molecule has 19 heavy (non-hydrogen) atoms. The molecule has 0 unspecified atom stereocenters. The molecule has 4 nitrogen and oxygen atoms in total. The van der Waals surface area contributed by atoms with Gasteiger partial charge in [-0.3, -0.25) is 0 Å². The molecule has 0 bridgehead atoms. The van der Waals surface area contributed by atoms with Gasteiger partial charge in [-0.15, -0.1) is 0 Å². The van der Waals surface area contributed by atoms with E-state index in [1.54, 1.807) is 0 Å². The molecule has 0 saturated carbocycles. The zero-order valence-electron chi connectivity index (χ0n) is 11.9. The molecular weight excluding hydrogens is 374 g/mol. The molecule has 0 fully saturated rings. The molecule has 5 N–H and O–H groups in total. The minimum atomic E-state index is -0.208. The normalized spacial score (nSPS) is 9.32. The van der Waals surface area contributed by atoms with Gasteiger partial charge in [-0.25, -0.2) is 0 Å². The van der Waals surface area contributed by atoms with Crippen LogP contribution in [0.1, 0.15) is 64.7 Å². The van der Waals surface area contributed by atoms with Crippen molar-refractivity contribution in [3.63, 3.8) is 0 Å². The average molecular weight is 402 g/mol. The van der Waals surface area contributed by atoms with Crippen LogP contribution < -0.4 is 11.1 Å². The van der Waals surface area contributed by atoms with Gasteiger partial charge in [0, 0.05) is 0 Å². The monoisotopic (exact) mass is 404 g/mol. The van der Waals surface area contributed by atoms with E-state index in [2.05, 4.69) is 49.1 Å². The second-order valence-electron chi connectivity index (χ2n) is 4.40. The summed E-state index contributed by atoms with van der Waals surface area (Å²) in [6.07, 6.45) is 12.1. The Labute approximate surface area is 133 Å². The zero-order chi connectivity index (χ0) is 14.9. The summed E-state index contributed by atoms with van der Waals surface area (Å²) in [5, 5.41) is 19.4. The van der Waals surface area contributed by atoms with E-state index < -0.39 is 0 Å². The van der Waals surface area contributed by atoms with E-state index in [-0.39, 0.29) is 9.45 Å². The number of rotatable bonds is 11. The molecule has 6 heteroatoms. The third kappa shape index (κ3) is 32.0. The van der Waals surface area contributed by atoms with Gasteiger partial charge in [-0.05, 0) is 0 Å². The summed E-state index contributed by atoms with van der Waals surface area (Å²) in [6, 6.07) is 0. The molecule has 0 amide bonds. The molecule has 0 aromatic carbocycles. The molecule has 114 valence electrons. The van der Waals surface area contributed by atoms with Crippen LogP contribution in [0.2, 0.25) is 0 Å². The standard InChI is InChI=1S/C12H25NOSe.CH3NOSe/c1-2-3-4-5-6-7-8-9-10-11-13-12(14)15;2-1(3)4/h2-11H2,1H3,(H2,13,14,15);(H3,2,3,4). The molecule has 0 aromatic rings. The Bertz CT molecular complexity index is 223. The molecular formula is C13H28N2O2Se2. The number of aliphatic hydroxyl groups excluding tert-OH is 2. The first-order valence-corrected chi connectivity index (χ1v) is 8.67. The van der Waals surface area contributed by atoms with Crippen LogP contribution in [-0.2, 0) is 0 Å². The number of unbranched alkanes of at least 4 members (excludes halogenated alkanes) is 8. The summed E-state index contributed by atoms with van der Waals surface area (Å²) >= 11 is 4.68. The van der Waals surface area contributed by atoms with Crippen molar-refractivity contribution in [3.05, 3.63) is 0 Å². The van der Waals surface area contributed by atoms with Crippen molar-refractivity contribution < 1.29 is 10.2 Å².